The molecule has 146 valence electrons. The average molecular weight is 370 g/mol. The van der Waals surface area contributed by atoms with E-state index in [0.717, 1.165) is 48.3 Å². The van der Waals surface area contributed by atoms with E-state index in [-0.39, 0.29) is 13.2 Å². The minimum absolute atomic E-state index is 0.211. The fourth-order valence-electron chi connectivity index (χ4n) is 2.62. The Balaban J connectivity index is 1.88. The summed E-state index contributed by atoms with van der Waals surface area (Å²) in [4.78, 5) is 0. The number of hydrogen-bond donors (Lipinski definition) is 2. The minimum atomic E-state index is 0.211. The van der Waals surface area contributed by atoms with Crippen LogP contribution in [0.2, 0.25) is 0 Å². The van der Waals surface area contributed by atoms with Crippen LogP contribution in [0.25, 0.3) is 11.6 Å². The molecule has 0 unspecified atom stereocenters. The standard InChI is InChI=1S/C23H30O4/c1-19(21-8-12-23(13-9-21)27-17-5-3-15-25)18-20-6-10-22(11-7-20)26-16-4-2-14-24/h6-13,18,24-25H,2-5,14-17H2,1H3/b19-18-. The lowest BCUT2D eigenvalue weighted by molar-refractivity contribution is 0.253. The maximum atomic E-state index is 8.78. The summed E-state index contributed by atoms with van der Waals surface area (Å²) in [5, 5.41) is 17.6. The Morgan fingerprint density at radius 1 is 0.741 bits per heavy atom. The molecule has 27 heavy (non-hydrogen) atoms. The van der Waals surface area contributed by atoms with Crippen LogP contribution in [0.1, 0.15) is 43.7 Å². The van der Waals surface area contributed by atoms with Crippen LogP contribution >= 0.6 is 0 Å². The second-order valence-electron chi connectivity index (χ2n) is 6.48. The maximum Gasteiger partial charge on any atom is 0.119 e. The van der Waals surface area contributed by atoms with Crippen LogP contribution < -0.4 is 9.47 Å². The van der Waals surface area contributed by atoms with Crippen molar-refractivity contribution in [2.75, 3.05) is 26.4 Å². The zero-order chi connectivity index (χ0) is 19.3. The summed E-state index contributed by atoms with van der Waals surface area (Å²) in [6.07, 6.45) is 5.41. The Morgan fingerprint density at radius 3 is 1.70 bits per heavy atom. The highest BCUT2D eigenvalue weighted by atomic mass is 16.5. The number of allylic oxidation sites excluding steroid dienone is 1. The van der Waals surface area contributed by atoms with Gasteiger partial charge < -0.3 is 19.7 Å². The van der Waals surface area contributed by atoms with Gasteiger partial charge in [-0.05, 0) is 73.6 Å². The molecule has 2 rings (SSSR count). The molecule has 0 aromatic heterocycles. The summed E-state index contributed by atoms with van der Waals surface area (Å²) in [6.45, 7) is 3.77. The molecular formula is C23H30O4. The van der Waals surface area contributed by atoms with E-state index in [1.807, 2.05) is 36.4 Å². The smallest absolute Gasteiger partial charge is 0.119 e. The van der Waals surface area contributed by atoms with Crippen molar-refractivity contribution >= 4 is 11.6 Å². The number of aliphatic hydroxyl groups excluding tert-OH is 2. The van der Waals surface area contributed by atoms with Crippen molar-refractivity contribution in [3.8, 4) is 11.5 Å². The minimum Gasteiger partial charge on any atom is -0.494 e. The van der Waals surface area contributed by atoms with Crippen molar-refractivity contribution in [1.29, 1.82) is 0 Å². The number of aliphatic hydroxyl groups is 2. The van der Waals surface area contributed by atoms with Gasteiger partial charge in [0, 0.05) is 13.2 Å². The van der Waals surface area contributed by atoms with Crippen molar-refractivity contribution < 1.29 is 19.7 Å². The second kappa shape index (κ2) is 12.2. The van der Waals surface area contributed by atoms with E-state index < -0.39 is 0 Å². The van der Waals surface area contributed by atoms with Gasteiger partial charge in [0.1, 0.15) is 11.5 Å². The van der Waals surface area contributed by atoms with E-state index in [9.17, 15) is 0 Å². The molecule has 0 heterocycles. The Hall–Kier alpha value is -2.30. The predicted octanol–water partition coefficient (Wildman–Crippen LogP) is 4.55. The Morgan fingerprint density at radius 2 is 1.22 bits per heavy atom. The molecule has 0 radical (unpaired) electrons. The quantitative estimate of drug-likeness (QED) is 0.425. The van der Waals surface area contributed by atoms with Crippen LogP contribution in [-0.2, 0) is 0 Å². The third-order valence-corrected chi connectivity index (χ3v) is 4.22. The first-order valence-electron chi connectivity index (χ1n) is 9.59. The second-order valence-corrected chi connectivity index (χ2v) is 6.48. The van der Waals surface area contributed by atoms with Crippen molar-refractivity contribution in [2.45, 2.75) is 32.6 Å². The fourth-order valence-corrected chi connectivity index (χ4v) is 2.62. The van der Waals surface area contributed by atoms with Gasteiger partial charge in [0.05, 0.1) is 13.2 Å². The molecule has 0 aliphatic carbocycles. The van der Waals surface area contributed by atoms with Crippen LogP contribution in [0.4, 0.5) is 0 Å². The number of ether oxygens (including phenoxy) is 2. The summed E-state index contributed by atoms with van der Waals surface area (Å²) in [5.41, 5.74) is 3.46. The molecular weight excluding hydrogens is 340 g/mol. The summed E-state index contributed by atoms with van der Waals surface area (Å²) >= 11 is 0. The monoisotopic (exact) mass is 370 g/mol. The normalized spacial score (nSPS) is 11.4. The van der Waals surface area contributed by atoms with Crippen molar-refractivity contribution in [3.63, 3.8) is 0 Å². The topological polar surface area (TPSA) is 58.9 Å². The van der Waals surface area contributed by atoms with E-state index in [2.05, 4.69) is 25.1 Å². The van der Waals surface area contributed by atoms with E-state index in [1.165, 1.54) is 5.57 Å². The Kier molecular flexibility index (Phi) is 9.45. The molecule has 0 atom stereocenters. The molecule has 0 bridgehead atoms. The molecule has 2 N–H and O–H groups in total. The number of hydrogen-bond acceptors (Lipinski definition) is 4. The Labute approximate surface area is 162 Å². The molecule has 0 amide bonds. The molecule has 0 aliphatic rings. The molecule has 2 aromatic carbocycles. The van der Waals surface area contributed by atoms with Gasteiger partial charge in [-0.1, -0.05) is 30.3 Å². The van der Waals surface area contributed by atoms with Crippen molar-refractivity contribution in [3.05, 3.63) is 59.7 Å². The van der Waals surface area contributed by atoms with Crippen LogP contribution in [0.15, 0.2) is 48.5 Å². The first-order valence-corrected chi connectivity index (χ1v) is 9.59. The highest BCUT2D eigenvalue weighted by Crippen LogP contribution is 2.22. The largest absolute Gasteiger partial charge is 0.494 e. The fraction of sp³-hybridized carbons (Fsp3) is 0.391. The molecule has 0 saturated carbocycles. The lowest BCUT2D eigenvalue weighted by Gasteiger charge is -2.08. The Bertz CT molecular complexity index is 675. The van der Waals surface area contributed by atoms with Gasteiger partial charge in [-0.25, -0.2) is 0 Å². The molecule has 2 aromatic rings. The molecule has 4 nitrogen and oxygen atoms in total. The number of rotatable bonds is 12. The van der Waals surface area contributed by atoms with E-state index in [1.54, 1.807) is 0 Å². The molecule has 0 spiro atoms. The van der Waals surface area contributed by atoms with Crippen LogP contribution in [-0.4, -0.2) is 36.6 Å². The SMILES string of the molecule is C/C(=C/c1ccc(OCCCCO)cc1)c1ccc(OCCCCO)cc1. The van der Waals surface area contributed by atoms with Crippen LogP contribution in [0.5, 0.6) is 11.5 Å². The summed E-state index contributed by atoms with van der Waals surface area (Å²) < 4.78 is 11.3. The zero-order valence-corrected chi connectivity index (χ0v) is 16.1. The summed E-state index contributed by atoms with van der Waals surface area (Å²) in [5.74, 6) is 1.71. The molecule has 4 heteroatoms. The summed E-state index contributed by atoms with van der Waals surface area (Å²) in [6, 6.07) is 16.1. The third kappa shape index (κ3) is 7.85. The lowest BCUT2D eigenvalue weighted by Crippen LogP contribution is -1.98. The highest BCUT2D eigenvalue weighted by Gasteiger charge is 2.00. The van der Waals surface area contributed by atoms with E-state index in [4.69, 9.17) is 19.7 Å². The van der Waals surface area contributed by atoms with Gasteiger partial charge in [-0.3, -0.25) is 0 Å². The van der Waals surface area contributed by atoms with Gasteiger partial charge in [-0.15, -0.1) is 0 Å². The van der Waals surface area contributed by atoms with Crippen molar-refractivity contribution in [1.82, 2.24) is 0 Å². The lowest BCUT2D eigenvalue weighted by atomic mass is 10.0. The van der Waals surface area contributed by atoms with Gasteiger partial charge >= 0.3 is 0 Å². The molecule has 0 aliphatic heterocycles. The van der Waals surface area contributed by atoms with Crippen LogP contribution in [0.3, 0.4) is 0 Å². The first kappa shape index (κ1) is 21.0. The maximum absolute atomic E-state index is 8.78. The van der Waals surface area contributed by atoms with Crippen molar-refractivity contribution in [2.24, 2.45) is 0 Å². The van der Waals surface area contributed by atoms with E-state index in [0.29, 0.717) is 13.2 Å². The predicted molar refractivity (Wildman–Crippen MR) is 110 cm³/mol. The van der Waals surface area contributed by atoms with Gasteiger partial charge in [0.15, 0.2) is 0 Å². The summed E-state index contributed by atoms with van der Waals surface area (Å²) in [7, 11) is 0. The number of unbranched alkanes of at least 4 members (excludes halogenated alkanes) is 2. The van der Waals surface area contributed by atoms with Gasteiger partial charge in [-0.2, -0.15) is 0 Å². The molecule has 0 saturated heterocycles. The van der Waals surface area contributed by atoms with Gasteiger partial charge in [0.2, 0.25) is 0 Å². The highest BCUT2D eigenvalue weighted by molar-refractivity contribution is 5.80. The zero-order valence-electron chi connectivity index (χ0n) is 16.1. The van der Waals surface area contributed by atoms with E-state index >= 15 is 0 Å². The number of benzene rings is 2. The van der Waals surface area contributed by atoms with Crippen LogP contribution in [0, 0.1) is 0 Å². The molecule has 0 fully saturated rings. The third-order valence-electron chi connectivity index (χ3n) is 4.22. The van der Waals surface area contributed by atoms with Gasteiger partial charge in [0.25, 0.3) is 0 Å². The average Bonchev–Trinajstić information content (AvgIpc) is 2.70. The first-order chi connectivity index (χ1) is 13.2.